The van der Waals surface area contributed by atoms with Crippen molar-refractivity contribution in [2.45, 2.75) is 16.5 Å². The summed E-state index contributed by atoms with van der Waals surface area (Å²) in [4.78, 5) is 16.7. The van der Waals surface area contributed by atoms with Crippen LogP contribution in [0.3, 0.4) is 0 Å². The van der Waals surface area contributed by atoms with Crippen molar-refractivity contribution in [1.82, 2.24) is 25.0 Å². The van der Waals surface area contributed by atoms with Gasteiger partial charge in [-0.15, -0.1) is 0 Å². The van der Waals surface area contributed by atoms with E-state index in [0.717, 1.165) is 0 Å². The van der Waals surface area contributed by atoms with Crippen molar-refractivity contribution in [2.75, 3.05) is 13.2 Å². The maximum atomic E-state index is 13.1. The standard InChI is InChI=1S/C19H15N5O5S/c25-19-15-2-1-14(7-12(15)9-22-24(19)11-13-3-4-21-23-13)30(26,27)18-8-16-17(10-20-18)29-6-5-28-16/h1-4,7-10H,5-6,11H2,(H,21,23). The largest absolute Gasteiger partial charge is 0.486 e. The van der Waals surface area contributed by atoms with Gasteiger partial charge in [0.05, 0.1) is 34.9 Å². The first-order valence-corrected chi connectivity index (χ1v) is 10.5. The zero-order valence-electron chi connectivity index (χ0n) is 15.5. The molecule has 1 aliphatic heterocycles. The number of nitrogens with one attached hydrogen (secondary N) is 1. The Morgan fingerprint density at radius 2 is 1.90 bits per heavy atom. The molecule has 1 aromatic carbocycles. The predicted molar refractivity (Wildman–Crippen MR) is 104 cm³/mol. The van der Waals surface area contributed by atoms with Gasteiger partial charge in [-0.25, -0.2) is 18.1 Å². The Morgan fingerprint density at radius 3 is 2.70 bits per heavy atom. The van der Waals surface area contributed by atoms with Crippen molar-refractivity contribution in [2.24, 2.45) is 0 Å². The van der Waals surface area contributed by atoms with E-state index in [1.165, 1.54) is 41.3 Å². The number of hydrogen-bond donors (Lipinski definition) is 1. The average molecular weight is 425 g/mol. The Hall–Kier alpha value is -3.73. The molecule has 1 N–H and O–H groups in total. The van der Waals surface area contributed by atoms with Crippen LogP contribution in [0.15, 0.2) is 63.6 Å². The average Bonchev–Trinajstić information content (AvgIpc) is 3.28. The van der Waals surface area contributed by atoms with E-state index in [1.807, 2.05) is 0 Å². The lowest BCUT2D eigenvalue weighted by molar-refractivity contribution is 0.170. The van der Waals surface area contributed by atoms with Gasteiger partial charge in [-0.3, -0.25) is 9.89 Å². The summed E-state index contributed by atoms with van der Waals surface area (Å²) in [5.74, 6) is 0.735. The second kappa shape index (κ2) is 6.95. The minimum atomic E-state index is -3.93. The van der Waals surface area contributed by atoms with Crippen molar-refractivity contribution >= 4 is 20.6 Å². The van der Waals surface area contributed by atoms with Crippen LogP contribution in [0.25, 0.3) is 10.8 Å². The van der Waals surface area contributed by atoms with Crippen molar-refractivity contribution < 1.29 is 17.9 Å². The molecule has 0 fully saturated rings. The topological polar surface area (TPSA) is 129 Å². The van der Waals surface area contributed by atoms with Crippen molar-refractivity contribution in [1.29, 1.82) is 0 Å². The number of hydrogen-bond acceptors (Lipinski definition) is 8. The van der Waals surface area contributed by atoms with E-state index in [0.29, 0.717) is 41.2 Å². The fourth-order valence-corrected chi connectivity index (χ4v) is 4.40. The number of benzene rings is 1. The highest BCUT2D eigenvalue weighted by atomic mass is 32.2. The third kappa shape index (κ3) is 3.08. The van der Waals surface area contributed by atoms with Crippen LogP contribution in [-0.4, -0.2) is 46.6 Å². The first-order valence-electron chi connectivity index (χ1n) is 9.02. The van der Waals surface area contributed by atoms with Crippen LogP contribution in [0.2, 0.25) is 0 Å². The Labute approximate surface area is 170 Å². The minimum Gasteiger partial charge on any atom is -0.486 e. The molecule has 11 heteroatoms. The third-order valence-electron chi connectivity index (χ3n) is 4.68. The fraction of sp³-hybridized carbons (Fsp3) is 0.158. The highest BCUT2D eigenvalue weighted by Gasteiger charge is 2.23. The summed E-state index contributed by atoms with van der Waals surface area (Å²) >= 11 is 0. The molecule has 0 spiro atoms. The molecule has 0 bridgehead atoms. The SMILES string of the molecule is O=c1c2ccc(S(=O)(=O)c3cc4c(cn3)OCCO4)cc2cnn1Cc1cc[nH]n1. The van der Waals surface area contributed by atoms with E-state index in [4.69, 9.17) is 9.47 Å². The zero-order valence-corrected chi connectivity index (χ0v) is 16.3. The van der Waals surface area contributed by atoms with Gasteiger partial charge in [0.15, 0.2) is 16.5 Å². The fourth-order valence-electron chi connectivity index (χ4n) is 3.18. The molecule has 0 amide bonds. The van der Waals surface area contributed by atoms with Gasteiger partial charge in [0, 0.05) is 17.6 Å². The van der Waals surface area contributed by atoms with E-state index in [-0.39, 0.29) is 22.0 Å². The van der Waals surface area contributed by atoms with Gasteiger partial charge in [-0.2, -0.15) is 10.2 Å². The quantitative estimate of drug-likeness (QED) is 0.516. The molecule has 3 aromatic heterocycles. The number of pyridine rings is 1. The molecule has 152 valence electrons. The molecule has 4 aromatic rings. The number of nitrogens with zero attached hydrogens (tertiary/aromatic N) is 4. The molecule has 0 radical (unpaired) electrons. The first kappa shape index (κ1) is 18.3. The van der Waals surface area contributed by atoms with Crippen LogP contribution >= 0.6 is 0 Å². The molecule has 4 heterocycles. The van der Waals surface area contributed by atoms with Crippen molar-refractivity contribution in [3.63, 3.8) is 0 Å². The van der Waals surface area contributed by atoms with Crippen molar-refractivity contribution in [3.8, 4) is 11.5 Å². The van der Waals surface area contributed by atoms with Crippen LogP contribution in [0, 0.1) is 0 Å². The molecule has 10 nitrogen and oxygen atoms in total. The molecule has 1 aliphatic rings. The highest BCUT2D eigenvalue weighted by Crippen LogP contribution is 2.32. The highest BCUT2D eigenvalue weighted by molar-refractivity contribution is 7.91. The van der Waals surface area contributed by atoms with Gasteiger partial charge in [0.1, 0.15) is 13.2 Å². The molecular weight excluding hydrogens is 410 g/mol. The molecular formula is C19H15N5O5S. The van der Waals surface area contributed by atoms with Crippen LogP contribution < -0.4 is 15.0 Å². The van der Waals surface area contributed by atoms with E-state index >= 15 is 0 Å². The monoisotopic (exact) mass is 425 g/mol. The lowest BCUT2D eigenvalue weighted by Gasteiger charge is -2.18. The van der Waals surface area contributed by atoms with Crippen LogP contribution in [0.1, 0.15) is 5.69 Å². The maximum Gasteiger partial charge on any atom is 0.274 e. The Balaban J connectivity index is 1.54. The predicted octanol–water partition coefficient (Wildman–Crippen LogP) is 1.17. The molecule has 0 unspecified atom stereocenters. The summed E-state index contributed by atoms with van der Waals surface area (Å²) in [6.07, 6.45) is 4.45. The molecule has 0 saturated carbocycles. The van der Waals surface area contributed by atoms with Crippen LogP contribution in [0.4, 0.5) is 0 Å². The summed E-state index contributed by atoms with van der Waals surface area (Å²) in [6.45, 7) is 0.929. The Morgan fingerprint density at radius 1 is 1.07 bits per heavy atom. The first-order chi connectivity index (χ1) is 14.5. The van der Waals surface area contributed by atoms with E-state index < -0.39 is 9.84 Å². The number of rotatable bonds is 4. The summed E-state index contributed by atoms with van der Waals surface area (Å²) in [6, 6.07) is 7.36. The Kier molecular flexibility index (Phi) is 4.24. The third-order valence-corrected chi connectivity index (χ3v) is 6.33. The van der Waals surface area contributed by atoms with Crippen LogP contribution in [0.5, 0.6) is 11.5 Å². The second-order valence-corrected chi connectivity index (χ2v) is 8.49. The molecule has 0 saturated heterocycles. The summed E-state index contributed by atoms with van der Waals surface area (Å²) < 4.78 is 38.2. The minimum absolute atomic E-state index is 0.00503. The number of H-pyrrole nitrogens is 1. The van der Waals surface area contributed by atoms with E-state index in [2.05, 4.69) is 20.3 Å². The Bertz CT molecular complexity index is 1410. The molecule has 0 atom stereocenters. The number of ether oxygens (including phenoxy) is 2. The number of fused-ring (bicyclic) bond motifs is 2. The van der Waals surface area contributed by atoms with Crippen LogP contribution in [-0.2, 0) is 16.4 Å². The van der Waals surface area contributed by atoms with E-state index in [1.54, 1.807) is 12.3 Å². The number of aromatic amines is 1. The summed E-state index contributed by atoms with van der Waals surface area (Å²) in [7, 11) is -3.93. The van der Waals surface area contributed by atoms with Crippen molar-refractivity contribution in [3.05, 3.63) is 65.0 Å². The van der Waals surface area contributed by atoms with Gasteiger partial charge in [0.2, 0.25) is 9.84 Å². The molecule has 5 rings (SSSR count). The number of aromatic nitrogens is 5. The van der Waals surface area contributed by atoms with Gasteiger partial charge in [-0.1, -0.05) is 0 Å². The smallest absolute Gasteiger partial charge is 0.274 e. The number of sulfone groups is 1. The van der Waals surface area contributed by atoms with Gasteiger partial charge in [0.25, 0.3) is 5.56 Å². The normalized spacial score (nSPS) is 13.5. The lowest BCUT2D eigenvalue weighted by Crippen LogP contribution is -2.23. The van der Waals surface area contributed by atoms with Gasteiger partial charge >= 0.3 is 0 Å². The maximum absolute atomic E-state index is 13.1. The zero-order chi connectivity index (χ0) is 20.7. The van der Waals surface area contributed by atoms with E-state index in [9.17, 15) is 13.2 Å². The van der Waals surface area contributed by atoms with Gasteiger partial charge in [-0.05, 0) is 24.3 Å². The summed E-state index contributed by atoms with van der Waals surface area (Å²) in [5, 5.41) is 11.4. The summed E-state index contributed by atoms with van der Waals surface area (Å²) in [5.41, 5.74) is 0.324. The molecule has 30 heavy (non-hydrogen) atoms. The van der Waals surface area contributed by atoms with Gasteiger partial charge < -0.3 is 9.47 Å². The molecule has 0 aliphatic carbocycles. The lowest BCUT2D eigenvalue weighted by atomic mass is 10.2. The second-order valence-electron chi connectivity index (χ2n) is 6.59.